The third-order valence-electron chi connectivity index (χ3n) is 3.82. The van der Waals surface area contributed by atoms with Gasteiger partial charge in [-0.25, -0.2) is 15.8 Å². The van der Waals surface area contributed by atoms with Crippen LogP contribution < -0.4 is 16.6 Å². The van der Waals surface area contributed by atoms with Gasteiger partial charge >= 0.3 is 0 Å². The fraction of sp³-hybridized carbons (Fsp3) is 0.714. The summed E-state index contributed by atoms with van der Waals surface area (Å²) in [5, 5.41) is 3.43. The van der Waals surface area contributed by atoms with E-state index in [0.29, 0.717) is 5.82 Å². The summed E-state index contributed by atoms with van der Waals surface area (Å²) in [7, 11) is 2.18. The van der Waals surface area contributed by atoms with Crippen molar-refractivity contribution in [3.8, 4) is 0 Å². The van der Waals surface area contributed by atoms with Gasteiger partial charge in [-0.2, -0.15) is 0 Å². The Morgan fingerprint density at radius 1 is 1.30 bits per heavy atom. The highest BCUT2D eigenvalue weighted by Gasteiger charge is 2.16. The summed E-state index contributed by atoms with van der Waals surface area (Å²) in [4.78, 5) is 11.3. The third-order valence-corrected chi connectivity index (χ3v) is 3.82. The molecule has 0 bridgehead atoms. The van der Waals surface area contributed by atoms with Crippen LogP contribution in [0.2, 0.25) is 0 Å². The molecular weight excluding hydrogens is 252 g/mol. The topological polar surface area (TPSA) is 79.1 Å². The first-order valence-corrected chi connectivity index (χ1v) is 7.36. The molecule has 0 radical (unpaired) electrons. The average molecular weight is 278 g/mol. The van der Waals surface area contributed by atoms with E-state index in [1.54, 1.807) is 0 Å². The van der Waals surface area contributed by atoms with Crippen molar-refractivity contribution in [1.29, 1.82) is 0 Å². The van der Waals surface area contributed by atoms with Gasteiger partial charge in [0.15, 0.2) is 0 Å². The van der Waals surface area contributed by atoms with Crippen LogP contribution >= 0.6 is 0 Å². The number of hydrazine groups is 1. The number of likely N-dealkylation sites (tertiary alicyclic amines) is 1. The third kappa shape index (κ3) is 4.05. The number of anilines is 2. The molecule has 1 aliphatic heterocycles. The number of nitrogens with one attached hydrogen (secondary N) is 2. The second-order valence-electron chi connectivity index (χ2n) is 5.92. The molecule has 20 heavy (non-hydrogen) atoms. The summed E-state index contributed by atoms with van der Waals surface area (Å²) in [5.41, 5.74) is 2.61. The van der Waals surface area contributed by atoms with Crippen LogP contribution in [0.25, 0.3) is 0 Å². The Morgan fingerprint density at radius 3 is 2.55 bits per heavy atom. The van der Waals surface area contributed by atoms with Crippen LogP contribution in [0.15, 0.2) is 6.07 Å². The van der Waals surface area contributed by atoms with Crippen molar-refractivity contribution in [3.05, 3.63) is 11.9 Å². The number of hydrogen-bond donors (Lipinski definition) is 3. The molecule has 1 aliphatic rings. The summed E-state index contributed by atoms with van der Waals surface area (Å²) in [6.07, 6.45) is 2.49. The number of aromatic nitrogens is 2. The molecule has 2 rings (SSSR count). The largest absolute Gasteiger partial charge is 0.370 e. The van der Waals surface area contributed by atoms with Crippen LogP contribution in [0.5, 0.6) is 0 Å². The van der Waals surface area contributed by atoms with Crippen LogP contribution in [0.3, 0.4) is 0 Å². The number of piperidine rings is 1. The van der Waals surface area contributed by atoms with E-state index in [0.717, 1.165) is 24.1 Å². The van der Waals surface area contributed by atoms with Crippen LogP contribution in [0.4, 0.5) is 11.6 Å². The normalized spacial score (nSPS) is 17.4. The second kappa shape index (κ2) is 6.85. The molecule has 0 aliphatic carbocycles. The maximum atomic E-state index is 5.47. The van der Waals surface area contributed by atoms with Crippen LogP contribution in [-0.4, -0.2) is 41.5 Å². The van der Waals surface area contributed by atoms with Gasteiger partial charge in [-0.05, 0) is 38.9 Å². The van der Waals surface area contributed by atoms with E-state index in [4.69, 9.17) is 5.84 Å². The predicted octanol–water partition coefficient (Wildman–Crippen LogP) is 1.64. The molecule has 1 saturated heterocycles. The van der Waals surface area contributed by atoms with Gasteiger partial charge in [0.2, 0.25) is 0 Å². The Balaban J connectivity index is 1.96. The first kappa shape index (κ1) is 15.0. The molecule has 112 valence electrons. The molecule has 0 saturated carbocycles. The van der Waals surface area contributed by atoms with E-state index in [9.17, 15) is 0 Å². The van der Waals surface area contributed by atoms with Crippen LogP contribution in [-0.2, 0) is 0 Å². The molecule has 1 aromatic rings. The number of nitrogens with zero attached hydrogens (tertiary/aromatic N) is 3. The van der Waals surface area contributed by atoms with Crippen LogP contribution in [0.1, 0.15) is 38.4 Å². The fourth-order valence-electron chi connectivity index (χ4n) is 2.40. The predicted molar refractivity (Wildman–Crippen MR) is 82.6 cm³/mol. The molecule has 1 fully saturated rings. The summed E-state index contributed by atoms with van der Waals surface area (Å²) in [5.74, 6) is 8.80. The molecular formula is C14H26N6. The molecule has 4 N–H and O–H groups in total. The van der Waals surface area contributed by atoms with Gasteiger partial charge < -0.3 is 15.6 Å². The van der Waals surface area contributed by atoms with E-state index in [1.165, 1.54) is 25.9 Å². The summed E-state index contributed by atoms with van der Waals surface area (Å²) >= 11 is 0. The Kier molecular flexibility index (Phi) is 5.14. The summed E-state index contributed by atoms with van der Waals surface area (Å²) in [6.45, 7) is 7.49. The van der Waals surface area contributed by atoms with Crippen LogP contribution in [0, 0.1) is 5.92 Å². The minimum Gasteiger partial charge on any atom is -0.370 e. The van der Waals surface area contributed by atoms with Gasteiger partial charge in [-0.1, -0.05) is 13.8 Å². The van der Waals surface area contributed by atoms with Gasteiger partial charge in [0, 0.05) is 18.5 Å². The maximum absolute atomic E-state index is 5.47. The Hall–Kier alpha value is -1.40. The monoisotopic (exact) mass is 278 g/mol. The zero-order valence-corrected chi connectivity index (χ0v) is 12.7. The lowest BCUT2D eigenvalue weighted by atomic mass is 9.97. The van der Waals surface area contributed by atoms with Gasteiger partial charge in [0.25, 0.3) is 0 Å². The minimum atomic E-state index is 0.284. The zero-order chi connectivity index (χ0) is 14.5. The number of hydrogen-bond acceptors (Lipinski definition) is 6. The summed E-state index contributed by atoms with van der Waals surface area (Å²) in [6, 6.07) is 1.86. The average Bonchev–Trinajstić information content (AvgIpc) is 2.46. The first-order valence-electron chi connectivity index (χ1n) is 7.36. The highest BCUT2D eigenvalue weighted by atomic mass is 15.3. The maximum Gasteiger partial charge on any atom is 0.145 e. The summed E-state index contributed by atoms with van der Waals surface area (Å²) < 4.78 is 0. The van der Waals surface area contributed by atoms with E-state index in [-0.39, 0.29) is 5.92 Å². The number of nitrogens with two attached hydrogens (primary N) is 1. The SMILES string of the molecule is CC(C)c1nc(NN)cc(NCC2CCN(C)CC2)n1. The van der Waals surface area contributed by atoms with Gasteiger partial charge in [0.05, 0.1) is 0 Å². The smallest absolute Gasteiger partial charge is 0.145 e. The van der Waals surface area contributed by atoms with Crippen molar-refractivity contribution in [1.82, 2.24) is 14.9 Å². The highest BCUT2D eigenvalue weighted by Crippen LogP contribution is 2.19. The van der Waals surface area contributed by atoms with E-state index in [1.807, 2.05) is 6.07 Å². The van der Waals surface area contributed by atoms with Crippen molar-refractivity contribution < 1.29 is 0 Å². The van der Waals surface area contributed by atoms with Crippen molar-refractivity contribution >= 4 is 11.6 Å². The standard InChI is InChI=1S/C14H26N6/c1-10(2)14-17-12(8-13(18-14)19-15)16-9-11-4-6-20(3)7-5-11/h8,10-11H,4-7,9,15H2,1-3H3,(H2,16,17,18,19). The number of nitrogen functional groups attached to an aromatic ring is 1. The Bertz CT molecular complexity index is 426. The molecule has 0 unspecified atom stereocenters. The first-order chi connectivity index (χ1) is 9.58. The van der Waals surface area contributed by atoms with Crippen molar-refractivity contribution in [2.24, 2.45) is 11.8 Å². The van der Waals surface area contributed by atoms with Gasteiger partial charge in [-0.15, -0.1) is 0 Å². The fourth-order valence-corrected chi connectivity index (χ4v) is 2.40. The molecule has 6 nitrogen and oxygen atoms in total. The van der Waals surface area contributed by atoms with E-state index in [2.05, 4.69) is 46.5 Å². The molecule has 2 heterocycles. The molecule has 0 amide bonds. The lowest BCUT2D eigenvalue weighted by Gasteiger charge is -2.29. The van der Waals surface area contributed by atoms with E-state index < -0.39 is 0 Å². The van der Waals surface area contributed by atoms with Crippen molar-refractivity contribution in [2.45, 2.75) is 32.6 Å². The van der Waals surface area contributed by atoms with Gasteiger partial charge in [0.1, 0.15) is 17.5 Å². The quantitative estimate of drug-likeness (QED) is 0.561. The van der Waals surface area contributed by atoms with Crippen molar-refractivity contribution in [3.63, 3.8) is 0 Å². The lowest BCUT2D eigenvalue weighted by molar-refractivity contribution is 0.226. The lowest BCUT2D eigenvalue weighted by Crippen LogP contribution is -2.33. The molecule has 0 atom stereocenters. The zero-order valence-electron chi connectivity index (χ0n) is 12.7. The highest BCUT2D eigenvalue weighted by molar-refractivity contribution is 5.47. The Labute approximate surface area is 121 Å². The van der Waals surface area contributed by atoms with Gasteiger partial charge in [-0.3, -0.25) is 0 Å². The molecule has 1 aromatic heterocycles. The van der Waals surface area contributed by atoms with E-state index >= 15 is 0 Å². The Morgan fingerprint density at radius 2 is 1.95 bits per heavy atom. The second-order valence-corrected chi connectivity index (χ2v) is 5.92. The minimum absolute atomic E-state index is 0.284. The number of rotatable bonds is 5. The molecule has 0 aromatic carbocycles. The van der Waals surface area contributed by atoms with Crippen molar-refractivity contribution in [2.75, 3.05) is 37.4 Å². The molecule has 6 heteroatoms. The molecule has 0 spiro atoms.